The number of aromatic amines is 1. The van der Waals surface area contributed by atoms with Crippen LogP contribution in [0.2, 0.25) is 0 Å². The smallest absolute Gasteiger partial charge is 0.238 e. The van der Waals surface area contributed by atoms with E-state index in [4.69, 9.17) is 5.14 Å². The van der Waals surface area contributed by atoms with Crippen molar-refractivity contribution in [1.29, 1.82) is 0 Å². The van der Waals surface area contributed by atoms with Crippen molar-refractivity contribution in [1.82, 2.24) is 9.97 Å². The molecule has 1 aromatic heterocycles. The Hall–Kier alpha value is -1.86. The largest absolute Gasteiger partial charge is 0.379 e. The van der Waals surface area contributed by atoms with Crippen LogP contribution in [0.5, 0.6) is 0 Å². The van der Waals surface area contributed by atoms with Gasteiger partial charge in [0.1, 0.15) is 0 Å². The van der Waals surface area contributed by atoms with Gasteiger partial charge < -0.3 is 10.3 Å². The molecule has 0 atom stereocenters. The Kier molecular flexibility index (Phi) is 3.59. The lowest BCUT2D eigenvalue weighted by atomic mass is 10.2. The Balaban J connectivity index is 2.25. The van der Waals surface area contributed by atoms with Gasteiger partial charge in [-0.1, -0.05) is 6.07 Å². The molecule has 1 heterocycles. The van der Waals surface area contributed by atoms with E-state index in [9.17, 15) is 8.42 Å². The van der Waals surface area contributed by atoms with Crippen molar-refractivity contribution in [3.8, 4) is 0 Å². The lowest BCUT2D eigenvalue weighted by Crippen LogP contribution is -2.14. The summed E-state index contributed by atoms with van der Waals surface area (Å²) < 4.78 is 22.9. The second kappa shape index (κ2) is 5.02. The minimum Gasteiger partial charge on any atom is -0.379 e. The predicted octanol–water partition coefficient (Wildman–Crippen LogP) is 1.29. The van der Waals surface area contributed by atoms with E-state index in [2.05, 4.69) is 15.3 Å². The lowest BCUT2D eigenvalue weighted by molar-refractivity contribution is 0.597. The zero-order chi connectivity index (χ0) is 14.0. The molecule has 7 heteroatoms. The Morgan fingerprint density at radius 1 is 1.37 bits per heavy atom. The molecule has 102 valence electrons. The van der Waals surface area contributed by atoms with Crippen molar-refractivity contribution >= 4 is 15.7 Å². The first-order valence-corrected chi connectivity index (χ1v) is 7.29. The second-order valence-corrected chi connectivity index (χ2v) is 5.83. The highest BCUT2D eigenvalue weighted by molar-refractivity contribution is 7.89. The third-order valence-corrected chi connectivity index (χ3v) is 4.03. The molecule has 0 aliphatic heterocycles. The molecule has 0 aliphatic carbocycles. The topological polar surface area (TPSA) is 101 Å². The number of anilines is 1. The van der Waals surface area contributed by atoms with Crippen LogP contribution in [0.1, 0.15) is 17.0 Å². The van der Waals surface area contributed by atoms with Crippen LogP contribution in [0.4, 0.5) is 5.69 Å². The molecule has 0 spiro atoms. The number of H-pyrrole nitrogens is 1. The predicted molar refractivity (Wildman–Crippen MR) is 73.2 cm³/mol. The number of aryl methyl sites for hydroxylation is 1. The molecular formula is C12H16N4O2S. The van der Waals surface area contributed by atoms with Gasteiger partial charge in [0, 0.05) is 11.4 Å². The number of aromatic nitrogens is 2. The number of nitrogens with zero attached hydrogens (tertiary/aromatic N) is 1. The number of rotatable bonds is 4. The Morgan fingerprint density at radius 2 is 2.11 bits per heavy atom. The summed E-state index contributed by atoms with van der Waals surface area (Å²) in [4.78, 5) is 7.29. The molecule has 0 aliphatic rings. The molecule has 1 aromatic carbocycles. The third-order valence-electron chi connectivity index (χ3n) is 2.97. The van der Waals surface area contributed by atoms with Crippen LogP contribution < -0.4 is 10.5 Å². The molecular weight excluding hydrogens is 264 g/mol. The Bertz CT molecular complexity index is 692. The van der Waals surface area contributed by atoms with Gasteiger partial charge in [-0.2, -0.15) is 0 Å². The van der Waals surface area contributed by atoms with E-state index in [1.165, 1.54) is 6.07 Å². The molecule has 0 saturated heterocycles. The number of hydrogen-bond donors (Lipinski definition) is 3. The average molecular weight is 280 g/mol. The van der Waals surface area contributed by atoms with E-state index in [-0.39, 0.29) is 4.90 Å². The molecule has 19 heavy (non-hydrogen) atoms. The van der Waals surface area contributed by atoms with Crippen molar-refractivity contribution in [2.45, 2.75) is 25.3 Å². The van der Waals surface area contributed by atoms with E-state index < -0.39 is 10.0 Å². The van der Waals surface area contributed by atoms with Gasteiger partial charge in [0.05, 0.1) is 23.5 Å². The first-order chi connectivity index (χ1) is 8.89. The maximum atomic E-state index is 11.4. The van der Waals surface area contributed by atoms with E-state index in [0.29, 0.717) is 12.1 Å². The zero-order valence-electron chi connectivity index (χ0n) is 10.8. The summed E-state index contributed by atoms with van der Waals surface area (Å²) in [5, 5.41) is 8.33. The normalized spacial score (nSPS) is 11.5. The number of imidazole rings is 1. The highest BCUT2D eigenvalue weighted by atomic mass is 32.2. The summed E-state index contributed by atoms with van der Waals surface area (Å²) in [6, 6.07) is 4.97. The van der Waals surface area contributed by atoms with Gasteiger partial charge in [0.15, 0.2) is 0 Å². The summed E-state index contributed by atoms with van der Waals surface area (Å²) in [6.07, 6.45) is 1.62. The van der Waals surface area contributed by atoms with Crippen molar-refractivity contribution in [3.05, 3.63) is 41.5 Å². The second-order valence-electron chi connectivity index (χ2n) is 4.30. The van der Waals surface area contributed by atoms with Crippen LogP contribution in [0.3, 0.4) is 0 Å². The molecule has 0 bridgehead atoms. The quantitative estimate of drug-likeness (QED) is 0.785. The molecule has 0 fully saturated rings. The highest BCUT2D eigenvalue weighted by Crippen LogP contribution is 2.22. The summed E-state index contributed by atoms with van der Waals surface area (Å²) in [7, 11) is -3.70. The maximum Gasteiger partial charge on any atom is 0.238 e. The molecule has 0 amide bonds. The van der Waals surface area contributed by atoms with Crippen molar-refractivity contribution in [3.63, 3.8) is 0 Å². The number of primary sulfonamides is 1. The molecule has 6 nitrogen and oxygen atoms in total. The fourth-order valence-corrected chi connectivity index (χ4v) is 2.66. The lowest BCUT2D eigenvalue weighted by Gasteiger charge is -2.11. The maximum absolute atomic E-state index is 11.4. The van der Waals surface area contributed by atoms with Crippen LogP contribution in [-0.4, -0.2) is 18.4 Å². The summed E-state index contributed by atoms with van der Waals surface area (Å²) >= 11 is 0. The van der Waals surface area contributed by atoms with Gasteiger partial charge in [-0.15, -0.1) is 0 Å². The van der Waals surface area contributed by atoms with Gasteiger partial charge in [0.2, 0.25) is 10.0 Å². The Morgan fingerprint density at radius 3 is 2.68 bits per heavy atom. The molecule has 2 rings (SSSR count). The number of hydrogen-bond acceptors (Lipinski definition) is 4. The van der Waals surface area contributed by atoms with Crippen LogP contribution in [0, 0.1) is 13.8 Å². The molecule has 0 saturated carbocycles. The number of nitrogens with one attached hydrogen (secondary N) is 2. The van der Waals surface area contributed by atoms with Crippen LogP contribution >= 0.6 is 0 Å². The Labute approximate surface area is 112 Å². The number of nitrogens with two attached hydrogens (primary N) is 1. The third kappa shape index (κ3) is 2.94. The van der Waals surface area contributed by atoms with Gasteiger partial charge >= 0.3 is 0 Å². The standard InChI is InChI=1S/C12H16N4O2S/c1-8-10(4-3-5-12(8)19(13,17)18)14-6-11-9(2)15-7-16-11/h3-5,7,14H,6H2,1-2H3,(H,15,16)(H2,13,17,18). The van der Waals surface area contributed by atoms with Crippen molar-refractivity contribution in [2.24, 2.45) is 5.14 Å². The van der Waals surface area contributed by atoms with E-state index in [1.54, 1.807) is 19.3 Å². The molecule has 0 radical (unpaired) electrons. The zero-order valence-corrected chi connectivity index (χ0v) is 11.6. The van der Waals surface area contributed by atoms with Gasteiger partial charge in [-0.05, 0) is 31.5 Å². The van der Waals surface area contributed by atoms with Crippen molar-refractivity contribution in [2.75, 3.05) is 5.32 Å². The number of benzene rings is 1. The highest BCUT2D eigenvalue weighted by Gasteiger charge is 2.13. The molecule has 0 unspecified atom stereocenters. The van der Waals surface area contributed by atoms with Gasteiger partial charge in [0.25, 0.3) is 0 Å². The monoisotopic (exact) mass is 280 g/mol. The fraction of sp³-hybridized carbons (Fsp3) is 0.250. The first kappa shape index (κ1) is 13.6. The molecule has 2 aromatic rings. The van der Waals surface area contributed by atoms with Crippen molar-refractivity contribution < 1.29 is 8.42 Å². The van der Waals surface area contributed by atoms with Crippen LogP contribution in [0.25, 0.3) is 0 Å². The minimum atomic E-state index is -3.70. The summed E-state index contributed by atoms with van der Waals surface area (Å²) in [6.45, 7) is 4.17. The fourth-order valence-electron chi connectivity index (χ4n) is 1.86. The molecule has 4 N–H and O–H groups in total. The average Bonchev–Trinajstić information content (AvgIpc) is 2.72. The first-order valence-electron chi connectivity index (χ1n) is 5.74. The van der Waals surface area contributed by atoms with Crippen LogP contribution in [0.15, 0.2) is 29.4 Å². The van der Waals surface area contributed by atoms with E-state index in [0.717, 1.165) is 17.1 Å². The minimum absolute atomic E-state index is 0.135. The number of sulfonamides is 1. The SMILES string of the molecule is Cc1[nH]cnc1CNc1cccc(S(N)(=O)=O)c1C. The van der Waals surface area contributed by atoms with Gasteiger partial charge in [-0.3, -0.25) is 0 Å². The van der Waals surface area contributed by atoms with Crippen LogP contribution in [-0.2, 0) is 16.6 Å². The van der Waals surface area contributed by atoms with E-state index in [1.807, 2.05) is 13.0 Å². The van der Waals surface area contributed by atoms with Gasteiger partial charge in [-0.25, -0.2) is 18.5 Å². The summed E-state index contributed by atoms with van der Waals surface area (Å²) in [5.41, 5.74) is 3.21. The van der Waals surface area contributed by atoms with E-state index >= 15 is 0 Å². The summed E-state index contributed by atoms with van der Waals surface area (Å²) in [5.74, 6) is 0.